The quantitative estimate of drug-likeness (QED) is 0.374. The van der Waals surface area contributed by atoms with Crippen LogP contribution in [0.2, 0.25) is 0 Å². The van der Waals surface area contributed by atoms with Gasteiger partial charge in [0.2, 0.25) is 11.7 Å². The number of esters is 1. The van der Waals surface area contributed by atoms with Crippen LogP contribution >= 0.6 is 0 Å². The van der Waals surface area contributed by atoms with E-state index in [9.17, 15) is 9.59 Å². The molecule has 3 aromatic rings. The highest BCUT2D eigenvalue weighted by Crippen LogP contribution is 2.25. The first-order chi connectivity index (χ1) is 17.3. The fourth-order valence-corrected chi connectivity index (χ4v) is 4.41. The Morgan fingerprint density at radius 2 is 1.78 bits per heavy atom. The van der Waals surface area contributed by atoms with Crippen molar-refractivity contribution in [2.24, 2.45) is 0 Å². The smallest absolute Gasteiger partial charge is 0.340 e. The normalized spacial score (nSPS) is 15.2. The Hall–Kier alpha value is -3.50. The molecule has 0 spiro atoms. The number of benzene rings is 1. The number of amides is 1. The van der Waals surface area contributed by atoms with E-state index in [4.69, 9.17) is 14.0 Å². The molecule has 1 fully saturated rings. The van der Waals surface area contributed by atoms with Crippen molar-refractivity contribution < 1.29 is 23.6 Å². The molecule has 1 N–H and O–H groups in total. The molecule has 1 amide bonds. The van der Waals surface area contributed by atoms with Crippen LogP contribution in [0.3, 0.4) is 0 Å². The summed E-state index contributed by atoms with van der Waals surface area (Å²) in [5.41, 5.74) is 4.13. The number of ether oxygens (including phenoxy) is 2. The Morgan fingerprint density at radius 3 is 2.44 bits per heavy atom. The summed E-state index contributed by atoms with van der Waals surface area (Å²) in [5.74, 6) is 0.538. The molecule has 1 atom stereocenters. The molecule has 36 heavy (non-hydrogen) atoms. The fourth-order valence-electron chi connectivity index (χ4n) is 4.41. The first-order valence-corrected chi connectivity index (χ1v) is 12.1. The Bertz CT molecular complexity index is 1210. The maximum Gasteiger partial charge on any atom is 0.340 e. The summed E-state index contributed by atoms with van der Waals surface area (Å²) in [4.78, 5) is 37.5. The summed E-state index contributed by atoms with van der Waals surface area (Å²) in [6.45, 7) is 10.5. The van der Waals surface area contributed by atoms with Gasteiger partial charge >= 0.3 is 5.97 Å². The molecule has 10 nitrogen and oxygen atoms in total. The number of aromatic amines is 1. The Labute approximate surface area is 210 Å². The monoisotopic (exact) mass is 495 g/mol. The number of hydrogen-bond acceptors (Lipinski definition) is 8. The van der Waals surface area contributed by atoms with Gasteiger partial charge in [0.15, 0.2) is 0 Å². The molecule has 0 aliphatic carbocycles. The molecule has 3 heterocycles. The zero-order chi connectivity index (χ0) is 25.8. The van der Waals surface area contributed by atoms with E-state index in [1.807, 2.05) is 38.1 Å². The molecule has 0 radical (unpaired) electrons. The van der Waals surface area contributed by atoms with Gasteiger partial charge in [-0.05, 0) is 33.3 Å². The SMILES string of the molecule is COCCOC(=O)c1c(C)[nH]c(C(=O)N2CCN(C(C)c3nc(-c4ccc(C)cc4)no3)CC2)c1C. The molecule has 1 unspecified atom stereocenters. The van der Waals surface area contributed by atoms with Gasteiger partial charge in [-0.2, -0.15) is 4.98 Å². The van der Waals surface area contributed by atoms with Crippen molar-refractivity contribution in [3.8, 4) is 11.4 Å². The maximum atomic E-state index is 13.3. The lowest BCUT2D eigenvalue weighted by Gasteiger charge is -2.36. The van der Waals surface area contributed by atoms with Crippen LogP contribution in [-0.4, -0.2) is 83.3 Å². The molecule has 4 rings (SSSR count). The van der Waals surface area contributed by atoms with Gasteiger partial charge in [-0.3, -0.25) is 9.69 Å². The highest BCUT2D eigenvalue weighted by molar-refractivity contribution is 6.00. The summed E-state index contributed by atoms with van der Waals surface area (Å²) in [6.07, 6.45) is 0. The first kappa shape index (κ1) is 25.6. The minimum absolute atomic E-state index is 0.0723. The van der Waals surface area contributed by atoms with Gasteiger partial charge in [-0.15, -0.1) is 0 Å². The molecule has 0 saturated carbocycles. The van der Waals surface area contributed by atoms with E-state index in [2.05, 4.69) is 20.0 Å². The van der Waals surface area contributed by atoms with E-state index in [1.54, 1.807) is 25.9 Å². The standard InChI is InChI=1S/C26H33N5O5/c1-16-6-8-20(9-7-16)23-28-24(36-29-23)19(4)30-10-12-31(13-11-30)25(32)22-17(2)21(18(3)27-22)26(33)35-15-14-34-5/h6-9,19,27H,10-15H2,1-5H3. The molecule has 2 aromatic heterocycles. The van der Waals surface area contributed by atoms with Crippen LogP contribution < -0.4 is 0 Å². The van der Waals surface area contributed by atoms with Gasteiger partial charge in [-0.25, -0.2) is 4.79 Å². The second-order valence-electron chi connectivity index (χ2n) is 9.08. The van der Waals surface area contributed by atoms with Gasteiger partial charge in [0, 0.05) is 44.5 Å². The highest BCUT2D eigenvalue weighted by atomic mass is 16.6. The van der Waals surface area contributed by atoms with Gasteiger partial charge in [0.05, 0.1) is 18.2 Å². The second-order valence-corrected chi connectivity index (χ2v) is 9.08. The van der Waals surface area contributed by atoms with E-state index in [1.165, 1.54) is 5.56 Å². The van der Waals surface area contributed by atoms with Crippen LogP contribution in [0, 0.1) is 20.8 Å². The van der Waals surface area contributed by atoms with E-state index in [0.717, 1.165) is 5.56 Å². The number of aryl methyl sites for hydroxylation is 2. The van der Waals surface area contributed by atoms with Crippen molar-refractivity contribution >= 4 is 11.9 Å². The van der Waals surface area contributed by atoms with Crippen LogP contribution in [0.15, 0.2) is 28.8 Å². The number of rotatable bonds is 8. The zero-order valence-electron chi connectivity index (χ0n) is 21.5. The minimum atomic E-state index is -0.458. The average molecular weight is 496 g/mol. The lowest BCUT2D eigenvalue weighted by Crippen LogP contribution is -2.49. The fraction of sp³-hybridized carbons (Fsp3) is 0.462. The number of carbonyl (C=O) groups is 2. The summed E-state index contributed by atoms with van der Waals surface area (Å²) in [5, 5.41) is 4.15. The first-order valence-electron chi connectivity index (χ1n) is 12.1. The van der Waals surface area contributed by atoms with Crippen LogP contribution in [-0.2, 0) is 9.47 Å². The Morgan fingerprint density at radius 1 is 1.08 bits per heavy atom. The predicted octanol–water partition coefficient (Wildman–Crippen LogP) is 3.31. The molecule has 10 heteroatoms. The summed E-state index contributed by atoms with van der Waals surface area (Å²) in [7, 11) is 1.54. The second kappa shape index (κ2) is 11.0. The van der Waals surface area contributed by atoms with E-state index < -0.39 is 5.97 Å². The number of methoxy groups -OCH3 is 1. The van der Waals surface area contributed by atoms with Gasteiger partial charge in [0.25, 0.3) is 5.91 Å². The number of piperazine rings is 1. The van der Waals surface area contributed by atoms with Crippen LogP contribution in [0.1, 0.15) is 56.5 Å². The number of H-pyrrole nitrogens is 1. The van der Waals surface area contributed by atoms with Crippen molar-refractivity contribution in [1.29, 1.82) is 0 Å². The molecule has 192 valence electrons. The lowest BCUT2D eigenvalue weighted by molar-refractivity contribution is 0.0386. The van der Waals surface area contributed by atoms with Crippen LogP contribution in [0.5, 0.6) is 0 Å². The summed E-state index contributed by atoms with van der Waals surface area (Å²) >= 11 is 0. The van der Waals surface area contributed by atoms with Gasteiger partial charge in [-0.1, -0.05) is 35.0 Å². The predicted molar refractivity (Wildman–Crippen MR) is 133 cm³/mol. The number of hydrogen-bond donors (Lipinski definition) is 1. The number of carbonyl (C=O) groups excluding carboxylic acids is 2. The highest BCUT2D eigenvalue weighted by Gasteiger charge is 2.31. The third-order valence-corrected chi connectivity index (χ3v) is 6.63. The zero-order valence-corrected chi connectivity index (χ0v) is 21.5. The van der Waals surface area contributed by atoms with Crippen molar-refractivity contribution in [3.63, 3.8) is 0 Å². The number of nitrogens with one attached hydrogen (secondary N) is 1. The van der Waals surface area contributed by atoms with Crippen molar-refractivity contribution in [2.75, 3.05) is 46.5 Å². The van der Waals surface area contributed by atoms with Crippen LogP contribution in [0.4, 0.5) is 0 Å². The third-order valence-electron chi connectivity index (χ3n) is 6.63. The molecule has 1 saturated heterocycles. The van der Waals surface area contributed by atoms with E-state index in [0.29, 0.717) is 67.0 Å². The topological polar surface area (TPSA) is 114 Å². The maximum absolute atomic E-state index is 13.3. The summed E-state index contributed by atoms with van der Waals surface area (Å²) < 4.78 is 15.7. The van der Waals surface area contributed by atoms with Crippen LogP contribution in [0.25, 0.3) is 11.4 Å². The molecular formula is C26H33N5O5. The Balaban J connectivity index is 1.37. The molecular weight excluding hydrogens is 462 g/mol. The molecule has 0 bridgehead atoms. The van der Waals surface area contributed by atoms with E-state index >= 15 is 0 Å². The molecule has 1 aromatic carbocycles. The van der Waals surface area contributed by atoms with Gasteiger partial charge < -0.3 is 23.9 Å². The van der Waals surface area contributed by atoms with Crippen molar-refractivity contribution in [2.45, 2.75) is 33.7 Å². The number of nitrogens with zero attached hydrogens (tertiary/aromatic N) is 4. The van der Waals surface area contributed by atoms with E-state index in [-0.39, 0.29) is 18.6 Å². The minimum Gasteiger partial charge on any atom is -0.460 e. The van der Waals surface area contributed by atoms with Gasteiger partial charge in [0.1, 0.15) is 12.3 Å². The third kappa shape index (κ3) is 5.34. The Kier molecular flexibility index (Phi) is 7.85. The molecule has 1 aliphatic rings. The van der Waals surface area contributed by atoms with Crippen molar-refractivity contribution in [1.82, 2.24) is 24.9 Å². The van der Waals surface area contributed by atoms with Crippen molar-refractivity contribution in [3.05, 3.63) is 58.2 Å². The lowest BCUT2D eigenvalue weighted by atomic mass is 10.1. The molecule has 1 aliphatic heterocycles. The largest absolute Gasteiger partial charge is 0.460 e. The summed E-state index contributed by atoms with van der Waals surface area (Å²) in [6, 6.07) is 7.93. The number of aromatic nitrogens is 3. The average Bonchev–Trinajstić information content (AvgIpc) is 3.48.